The van der Waals surface area contributed by atoms with Gasteiger partial charge < -0.3 is 10.8 Å². The monoisotopic (exact) mass is 241 g/mol. The Hall–Kier alpha value is -0.740. The van der Waals surface area contributed by atoms with Gasteiger partial charge in [0.15, 0.2) is 0 Å². The number of thioether (sulfide) groups is 1. The first-order valence-corrected chi connectivity index (χ1v) is 6.48. The standard InChI is InChI=1S/C12H16FNOS/c13-9-3-4-11(10(14)7-9)16-8-12(15)5-1-2-6-12/h3-4,7,15H,1-2,5-6,8,14H2. The zero-order valence-electron chi connectivity index (χ0n) is 9.08. The summed E-state index contributed by atoms with van der Waals surface area (Å²) in [6.07, 6.45) is 3.91. The highest BCUT2D eigenvalue weighted by Gasteiger charge is 2.31. The second-order valence-corrected chi connectivity index (χ2v) is 5.42. The average molecular weight is 241 g/mol. The summed E-state index contributed by atoms with van der Waals surface area (Å²) in [5.74, 6) is 0.324. The third-order valence-corrected chi connectivity index (χ3v) is 4.37. The Morgan fingerprint density at radius 2 is 2.06 bits per heavy atom. The van der Waals surface area contributed by atoms with E-state index in [-0.39, 0.29) is 5.82 Å². The summed E-state index contributed by atoms with van der Waals surface area (Å²) in [5, 5.41) is 10.2. The van der Waals surface area contributed by atoms with Crippen molar-refractivity contribution in [1.29, 1.82) is 0 Å². The van der Waals surface area contributed by atoms with Crippen molar-refractivity contribution in [3.05, 3.63) is 24.0 Å². The van der Waals surface area contributed by atoms with Crippen LogP contribution >= 0.6 is 11.8 Å². The van der Waals surface area contributed by atoms with Crippen molar-refractivity contribution in [1.82, 2.24) is 0 Å². The van der Waals surface area contributed by atoms with Crippen LogP contribution in [0.25, 0.3) is 0 Å². The molecule has 1 fully saturated rings. The van der Waals surface area contributed by atoms with Gasteiger partial charge in [0.2, 0.25) is 0 Å². The van der Waals surface area contributed by atoms with E-state index in [0.29, 0.717) is 11.4 Å². The third kappa shape index (κ3) is 2.68. The first kappa shape index (κ1) is 11.7. The lowest BCUT2D eigenvalue weighted by atomic mass is 10.1. The van der Waals surface area contributed by atoms with Crippen molar-refractivity contribution < 1.29 is 9.50 Å². The van der Waals surface area contributed by atoms with Gasteiger partial charge in [0.05, 0.1) is 5.60 Å². The highest BCUT2D eigenvalue weighted by atomic mass is 32.2. The Balaban J connectivity index is 1.99. The van der Waals surface area contributed by atoms with Crippen LogP contribution in [-0.4, -0.2) is 16.5 Å². The zero-order chi connectivity index (χ0) is 11.6. The van der Waals surface area contributed by atoms with Gasteiger partial charge in [-0.2, -0.15) is 0 Å². The number of anilines is 1. The van der Waals surface area contributed by atoms with Crippen LogP contribution in [-0.2, 0) is 0 Å². The molecule has 0 saturated heterocycles. The Kier molecular flexibility index (Phi) is 3.40. The Labute approximate surface area is 99.0 Å². The molecule has 88 valence electrons. The number of rotatable bonds is 3. The molecule has 1 aliphatic rings. The second-order valence-electron chi connectivity index (χ2n) is 4.40. The molecule has 2 nitrogen and oxygen atoms in total. The lowest BCUT2D eigenvalue weighted by molar-refractivity contribution is 0.0733. The SMILES string of the molecule is Nc1cc(F)ccc1SCC1(O)CCCC1. The van der Waals surface area contributed by atoms with E-state index in [1.54, 1.807) is 6.07 Å². The Morgan fingerprint density at radius 1 is 1.38 bits per heavy atom. The fourth-order valence-electron chi connectivity index (χ4n) is 2.04. The molecule has 0 bridgehead atoms. The molecule has 3 N–H and O–H groups in total. The second kappa shape index (κ2) is 4.63. The highest BCUT2D eigenvalue weighted by molar-refractivity contribution is 7.99. The van der Waals surface area contributed by atoms with Crippen LogP contribution in [0.4, 0.5) is 10.1 Å². The lowest BCUT2D eigenvalue weighted by Gasteiger charge is -2.21. The van der Waals surface area contributed by atoms with Gasteiger partial charge in [-0.3, -0.25) is 0 Å². The van der Waals surface area contributed by atoms with Gasteiger partial charge in [-0.15, -0.1) is 11.8 Å². The molecule has 4 heteroatoms. The fourth-order valence-corrected chi connectivity index (χ4v) is 3.14. The molecule has 1 aromatic rings. The topological polar surface area (TPSA) is 46.2 Å². The predicted octanol–water partition coefficient (Wildman–Crippen LogP) is 2.81. The van der Waals surface area contributed by atoms with E-state index < -0.39 is 5.60 Å². The minimum absolute atomic E-state index is 0.318. The summed E-state index contributed by atoms with van der Waals surface area (Å²) in [6.45, 7) is 0. The summed E-state index contributed by atoms with van der Waals surface area (Å²) in [6, 6.07) is 4.39. The van der Waals surface area contributed by atoms with Gasteiger partial charge in [-0.05, 0) is 31.0 Å². The van der Waals surface area contributed by atoms with Crippen molar-refractivity contribution in [3.63, 3.8) is 0 Å². The van der Waals surface area contributed by atoms with E-state index in [0.717, 1.165) is 30.6 Å². The van der Waals surface area contributed by atoms with Crippen LogP contribution in [0.2, 0.25) is 0 Å². The number of benzene rings is 1. The van der Waals surface area contributed by atoms with Crippen molar-refractivity contribution in [2.75, 3.05) is 11.5 Å². The maximum atomic E-state index is 12.8. The molecular formula is C12H16FNOS. The molecule has 1 aromatic carbocycles. The largest absolute Gasteiger partial charge is 0.398 e. The molecule has 0 radical (unpaired) electrons. The number of hydrogen-bond donors (Lipinski definition) is 2. The van der Waals surface area contributed by atoms with Crippen LogP contribution in [0.15, 0.2) is 23.1 Å². The van der Waals surface area contributed by atoms with E-state index in [9.17, 15) is 9.50 Å². The molecular weight excluding hydrogens is 225 g/mol. The number of aliphatic hydroxyl groups is 1. The molecule has 1 saturated carbocycles. The molecule has 16 heavy (non-hydrogen) atoms. The molecule has 2 rings (SSSR count). The quantitative estimate of drug-likeness (QED) is 0.632. The van der Waals surface area contributed by atoms with E-state index in [1.807, 2.05) is 0 Å². The van der Waals surface area contributed by atoms with Gasteiger partial charge in [0.1, 0.15) is 5.82 Å². The van der Waals surface area contributed by atoms with Crippen molar-refractivity contribution in [2.45, 2.75) is 36.2 Å². The molecule has 0 heterocycles. The lowest BCUT2D eigenvalue weighted by Crippen LogP contribution is -2.27. The van der Waals surface area contributed by atoms with Gasteiger partial charge in [-0.25, -0.2) is 4.39 Å². The van der Waals surface area contributed by atoms with Crippen molar-refractivity contribution >= 4 is 17.4 Å². The molecule has 0 spiro atoms. The van der Waals surface area contributed by atoms with E-state index in [1.165, 1.54) is 23.9 Å². The summed E-state index contributed by atoms with van der Waals surface area (Å²) in [5.41, 5.74) is 5.61. The minimum atomic E-state index is -0.550. The molecule has 0 unspecified atom stereocenters. The van der Waals surface area contributed by atoms with E-state index >= 15 is 0 Å². The van der Waals surface area contributed by atoms with Gasteiger partial charge in [-0.1, -0.05) is 12.8 Å². The molecule has 0 atom stereocenters. The number of nitrogens with two attached hydrogens (primary N) is 1. The zero-order valence-corrected chi connectivity index (χ0v) is 9.89. The highest BCUT2D eigenvalue weighted by Crippen LogP contribution is 2.36. The van der Waals surface area contributed by atoms with Crippen LogP contribution in [0, 0.1) is 5.82 Å². The van der Waals surface area contributed by atoms with E-state index in [4.69, 9.17) is 5.73 Å². The van der Waals surface area contributed by atoms with Crippen LogP contribution in [0.3, 0.4) is 0 Å². The molecule has 0 aliphatic heterocycles. The molecule has 1 aliphatic carbocycles. The van der Waals surface area contributed by atoms with Crippen LogP contribution in [0.1, 0.15) is 25.7 Å². The van der Waals surface area contributed by atoms with Crippen molar-refractivity contribution in [3.8, 4) is 0 Å². The average Bonchev–Trinajstić information content (AvgIpc) is 2.64. The fraction of sp³-hybridized carbons (Fsp3) is 0.500. The summed E-state index contributed by atoms with van der Waals surface area (Å²) >= 11 is 1.51. The first-order valence-electron chi connectivity index (χ1n) is 5.49. The smallest absolute Gasteiger partial charge is 0.125 e. The van der Waals surface area contributed by atoms with Gasteiger partial charge in [0, 0.05) is 16.3 Å². The maximum absolute atomic E-state index is 12.8. The maximum Gasteiger partial charge on any atom is 0.125 e. The Bertz CT molecular complexity index is 377. The number of hydrogen-bond acceptors (Lipinski definition) is 3. The first-order chi connectivity index (χ1) is 7.59. The number of halogens is 1. The molecule has 0 amide bonds. The van der Waals surface area contributed by atoms with Crippen LogP contribution in [0.5, 0.6) is 0 Å². The minimum Gasteiger partial charge on any atom is -0.398 e. The third-order valence-electron chi connectivity index (χ3n) is 3.00. The van der Waals surface area contributed by atoms with Crippen molar-refractivity contribution in [2.24, 2.45) is 0 Å². The number of nitrogen functional groups attached to an aromatic ring is 1. The Morgan fingerprint density at radius 3 is 2.69 bits per heavy atom. The van der Waals surface area contributed by atoms with Crippen LogP contribution < -0.4 is 5.73 Å². The van der Waals surface area contributed by atoms with Gasteiger partial charge in [0.25, 0.3) is 0 Å². The van der Waals surface area contributed by atoms with E-state index in [2.05, 4.69) is 0 Å². The molecule has 0 aromatic heterocycles. The normalized spacial score (nSPS) is 18.9. The summed E-state index contributed by atoms with van der Waals surface area (Å²) in [7, 11) is 0. The summed E-state index contributed by atoms with van der Waals surface area (Å²) < 4.78 is 12.8. The van der Waals surface area contributed by atoms with Gasteiger partial charge >= 0.3 is 0 Å². The predicted molar refractivity (Wildman–Crippen MR) is 65.0 cm³/mol. The summed E-state index contributed by atoms with van der Waals surface area (Å²) in [4.78, 5) is 0.849.